The van der Waals surface area contributed by atoms with Gasteiger partial charge in [0.05, 0.1) is 5.92 Å². The van der Waals surface area contributed by atoms with Crippen LogP contribution in [0.2, 0.25) is 0 Å². The van der Waals surface area contributed by atoms with Crippen molar-refractivity contribution < 1.29 is 4.42 Å². The van der Waals surface area contributed by atoms with Crippen molar-refractivity contribution in [3.05, 3.63) is 47.7 Å². The van der Waals surface area contributed by atoms with Gasteiger partial charge in [0.25, 0.3) is 0 Å². The van der Waals surface area contributed by atoms with E-state index in [-0.39, 0.29) is 5.41 Å². The third-order valence-corrected chi connectivity index (χ3v) is 5.41. The van der Waals surface area contributed by atoms with Crippen molar-refractivity contribution in [3.8, 4) is 0 Å². The number of aromatic nitrogens is 2. The second-order valence-corrected chi connectivity index (χ2v) is 7.15. The Hall–Kier alpha value is -1.64. The molecule has 110 valence electrons. The zero-order valence-corrected chi connectivity index (χ0v) is 12.7. The minimum atomic E-state index is 0.209. The van der Waals surface area contributed by atoms with Gasteiger partial charge in [-0.3, -0.25) is 0 Å². The van der Waals surface area contributed by atoms with Crippen LogP contribution >= 0.6 is 0 Å². The first-order chi connectivity index (χ1) is 10.2. The average molecular weight is 282 g/mol. The molecule has 0 amide bonds. The topological polar surface area (TPSA) is 38.9 Å². The third kappa shape index (κ3) is 2.10. The molecule has 2 aliphatic rings. The molecule has 0 radical (unpaired) electrons. The summed E-state index contributed by atoms with van der Waals surface area (Å²) in [4.78, 5) is 0. The lowest BCUT2D eigenvalue weighted by Crippen LogP contribution is -1.91. The summed E-state index contributed by atoms with van der Waals surface area (Å²) >= 11 is 0. The van der Waals surface area contributed by atoms with Crippen LogP contribution in [0.25, 0.3) is 0 Å². The van der Waals surface area contributed by atoms with Crippen molar-refractivity contribution in [2.24, 2.45) is 5.41 Å². The van der Waals surface area contributed by atoms with Crippen molar-refractivity contribution in [2.45, 2.75) is 57.3 Å². The first-order valence-corrected chi connectivity index (χ1v) is 8.06. The van der Waals surface area contributed by atoms with E-state index < -0.39 is 0 Å². The summed E-state index contributed by atoms with van der Waals surface area (Å²) in [6.07, 6.45) is 5.00. The highest BCUT2D eigenvalue weighted by Gasteiger charge is 2.61. The minimum absolute atomic E-state index is 0.209. The lowest BCUT2D eigenvalue weighted by atomic mass is 10.0. The van der Waals surface area contributed by atoms with Gasteiger partial charge >= 0.3 is 0 Å². The molecular weight excluding hydrogens is 260 g/mol. The lowest BCUT2D eigenvalue weighted by Gasteiger charge is -2.01. The van der Waals surface area contributed by atoms with Crippen LogP contribution in [0.1, 0.15) is 74.6 Å². The van der Waals surface area contributed by atoms with E-state index >= 15 is 0 Å². The number of nitrogens with zero attached hydrogens (tertiary/aromatic N) is 2. The summed E-state index contributed by atoms with van der Waals surface area (Å²) < 4.78 is 6.06. The van der Waals surface area contributed by atoms with Gasteiger partial charge in [-0.05, 0) is 23.8 Å². The summed E-state index contributed by atoms with van der Waals surface area (Å²) in [6, 6.07) is 10.7. The molecule has 0 unspecified atom stereocenters. The zero-order valence-electron chi connectivity index (χ0n) is 12.7. The van der Waals surface area contributed by atoms with Crippen LogP contribution in [-0.2, 0) is 0 Å². The van der Waals surface area contributed by atoms with E-state index in [1.54, 1.807) is 0 Å². The summed E-state index contributed by atoms with van der Waals surface area (Å²) in [5.74, 6) is 3.08. The first kappa shape index (κ1) is 13.1. The highest BCUT2D eigenvalue weighted by molar-refractivity contribution is 5.37. The average Bonchev–Trinajstić information content (AvgIpc) is 2.95. The van der Waals surface area contributed by atoms with E-state index in [0.29, 0.717) is 17.8 Å². The van der Waals surface area contributed by atoms with Crippen LogP contribution in [-0.4, -0.2) is 10.2 Å². The Bertz CT molecular complexity index is 626. The van der Waals surface area contributed by atoms with Gasteiger partial charge < -0.3 is 4.42 Å². The fraction of sp³-hybridized carbons (Fsp3) is 0.556. The predicted molar refractivity (Wildman–Crippen MR) is 81.2 cm³/mol. The maximum atomic E-state index is 6.06. The highest BCUT2D eigenvalue weighted by atomic mass is 16.4. The van der Waals surface area contributed by atoms with Crippen LogP contribution in [0.4, 0.5) is 0 Å². The molecule has 2 aliphatic carbocycles. The number of rotatable bonds is 3. The molecule has 2 fully saturated rings. The van der Waals surface area contributed by atoms with E-state index in [1.165, 1.54) is 31.2 Å². The Balaban J connectivity index is 1.59. The zero-order chi connectivity index (χ0) is 14.4. The van der Waals surface area contributed by atoms with Crippen molar-refractivity contribution in [3.63, 3.8) is 0 Å². The fourth-order valence-corrected chi connectivity index (χ4v) is 4.09. The van der Waals surface area contributed by atoms with Crippen LogP contribution in [0.15, 0.2) is 34.7 Å². The standard InChI is InChI=1S/C18H22N2O/c1-18(2)14(12-8-4-3-5-9-12)15(18)17-20-19-16(21-17)13-10-6-7-11-13/h3-5,8-9,13-15H,6-7,10-11H2,1-2H3/t14-,15+/m0/s1. The fourth-order valence-electron chi connectivity index (χ4n) is 4.09. The molecule has 1 heterocycles. The molecule has 2 atom stereocenters. The Kier molecular flexibility index (Phi) is 2.91. The lowest BCUT2D eigenvalue weighted by molar-refractivity contribution is 0.404. The highest BCUT2D eigenvalue weighted by Crippen LogP contribution is 2.69. The molecular formula is C18H22N2O. The van der Waals surface area contributed by atoms with Gasteiger partial charge in [-0.1, -0.05) is 57.0 Å². The molecule has 3 nitrogen and oxygen atoms in total. The van der Waals surface area contributed by atoms with Gasteiger partial charge in [-0.25, -0.2) is 0 Å². The van der Waals surface area contributed by atoms with Gasteiger partial charge in [0, 0.05) is 11.8 Å². The molecule has 2 saturated carbocycles. The molecule has 0 bridgehead atoms. The molecule has 4 rings (SSSR count). The molecule has 0 spiro atoms. The quantitative estimate of drug-likeness (QED) is 0.823. The Morgan fingerprint density at radius 1 is 0.952 bits per heavy atom. The van der Waals surface area contributed by atoms with Gasteiger partial charge in [-0.2, -0.15) is 0 Å². The smallest absolute Gasteiger partial charge is 0.220 e. The molecule has 0 N–H and O–H groups in total. The van der Waals surface area contributed by atoms with Crippen LogP contribution in [0.3, 0.4) is 0 Å². The molecule has 1 aromatic carbocycles. The number of hydrogen-bond acceptors (Lipinski definition) is 3. The van der Waals surface area contributed by atoms with Crippen LogP contribution in [0.5, 0.6) is 0 Å². The molecule has 21 heavy (non-hydrogen) atoms. The molecule has 2 aromatic rings. The van der Waals surface area contributed by atoms with Crippen molar-refractivity contribution in [1.82, 2.24) is 10.2 Å². The van der Waals surface area contributed by atoms with Crippen molar-refractivity contribution in [2.75, 3.05) is 0 Å². The third-order valence-electron chi connectivity index (χ3n) is 5.41. The van der Waals surface area contributed by atoms with Crippen LogP contribution < -0.4 is 0 Å². The second kappa shape index (κ2) is 4.69. The van der Waals surface area contributed by atoms with Gasteiger partial charge in [-0.15, -0.1) is 10.2 Å². The summed E-state index contributed by atoms with van der Waals surface area (Å²) in [5.41, 5.74) is 1.59. The molecule has 3 heteroatoms. The SMILES string of the molecule is CC1(C)[C@@H](c2ccccc2)[C@@H]1c1nnc(C2CCCC2)o1. The van der Waals surface area contributed by atoms with Crippen molar-refractivity contribution >= 4 is 0 Å². The van der Waals surface area contributed by atoms with E-state index in [0.717, 1.165) is 11.8 Å². The molecule has 0 aliphatic heterocycles. The summed E-state index contributed by atoms with van der Waals surface area (Å²) in [7, 11) is 0. The van der Waals surface area contributed by atoms with Gasteiger partial charge in [0.15, 0.2) is 0 Å². The number of hydrogen-bond donors (Lipinski definition) is 0. The Morgan fingerprint density at radius 2 is 1.62 bits per heavy atom. The summed E-state index contributed by atoms with van der Waals surface area (Å²) in [6.45, 7) is 4.60. The predicted octanol–water partition coefficient (Wildman–Crippen LogP) is 4.63. The van der Waals surface area contributed by atoms with E-state index in [4.69, 9.17) is 4.42 Å². The monoisotopic (exact) mass is 282 g/mol. The Labute approximate surface area is 125 Å². The van der Waals surface area contributed by atoms with E-state index in [9.17, 15) is 0 Å². The maximum Gasteiger partial charge on any atom is 0.220 e. The maximum absolute atomic E-state index is 6.06. The molecule has 0 saturated heterocycles. The number of benzene rings is 1. The first-order valence-electron chi connectivity index (χ1n) is 8.06. The Morgan fingerprint density at radius 3 is 2.33 bits per heavy atom. The minimum Gasteiger partial charge on any atom is -0.425 e. The van der Waals surface area contributed by atoms with Crippen molar-refractivity contribution in [1.29, 1.82) is 0 Å². The summed E-state index contributed by atoms with van der Waals surface area (Å²) in [5, 5.41) is 8.71. The van der Waals surface area contributed by atoms with Gasteiger partial charge in [0.1, 0.15) is 0 Å². The van der Waals surface area contributed by atoms with E-state index in [2.05, 4.69) is 54.4 Å². The van der Waals surface area contributed by atoms with Crippen LogP contribution in [0, 0.1) is 5.41 Å². The second-order valence-electron chi connectivity index (χ2n) is 7.15. The normalized spacial score (nSPS) is 27.9. The van der Waals surface area contributed by atoms with E-state index in [1.807, 2.05) is 0 Å². The largest absolute Gasteiger partial charge is 0.425 e. The van der Waals surface area contributed by atoms with Gasteiger partial charge in [0.2, 0.25) is 11.8 Å². The molecule has 1 aromatic heterocycles.